The monoisotopic (exact) mass is 270 g/mol. The van der Waals surface area contributed by atoms with E-state index in [1.54, 1.807) is 0 Å². The van der Waals surface area contributed by atoms with Gasteiger partial charge in [0.25, 0.3) is 6.43 Å². The molecule has 0 saturated heterocycles. The van der Waals surface area contributed by atoms with Crippen LogP contribution in [0.1, 0.15) is 28.4 Å². The highest BCUT2D eigenvalue weighted by molar-refractivity contribution is 5.84. The summed E-state index contributed by atoms with van der Waals surface area (Å²) in [6.07, 6.45) is -0.393. The molecular formula is C10H8F2N4O3. The maximum absolute atomic E-state index is 12.2. The number of carboxylic acids is 1. The van der Waals surface area contributed by atoms with Crippen molar-refractivity contribution in [2.75, 3.05) is 5.32 Å². The molecule has 0 amide bonds. The van der Waals surface area contributed by atoms with Gasteiger partial charge in [-0.25, -0.2) is 23.5 Å². The van der Waals surface area contributed by atoms with E-state index in [4.69, 9.17) is 5.11 Å². The average molecular weight is 270 g/mol. The van der Waals surface area contributed by atoms with Crippen molar-refractivity contribution in [3.05, 3.63) is 35.6 Å². The first kappa shape index (κ1) is 12.9. The zero-order valence-electron chi connectivity index (χ0n) is 9.38. The van der Waals surface area contributed by atoms with Gasteiger partial charge in [0.2, 0.25) is 0 Å². The molecule has 0 saturated carbocycles. The van der Waals surface area contributed by atoms with Crippen LogP contribution in [0.2, 0.25) is 0 Å². The first-order chi connectivity index (χ1) is 9.06. The highest BCUT2D eigenvalue weighted by Crippen LogP contribution is 2.18. The van der Waals surface area contributed by atoms with E-state index in [1.807, 2.05) is 0 Å². The van der Waals surface area contributed by atoms with Crippen LogP contribution in [-0.4, -0.2) is 26.2 Å². The standard InChI is InChI=1S/C10H8F2N4O3/c11-9(12)6-1-5(19-16-6)2-14-8-4-13-7(3-15-8)10(17)18/h1,3-4,9H,2H2,(H,14,15)(H,17,18). The number of aromatic nitrogens is 3. The highest BCUT2D eigenvalue weighted by Gasteiger charge is 2.13. The van der Waals surface area contributed by atoms with Crippen molar-refractivity contribution in [1.82, 2.24) is 15.1 Å². The predicted molar refractivity (Wildman–Crippen MR) is 57.8 cm³/mol. The molecule has 0 unspecified atom stereocenters. The van der Waals surface area contributed by atoms with E-state index in [9.17, 15) is 13.6 Å². The fourth-order valence-corrected chi connectivity index (χ4v) is 1.22. The van der Waals surface area contributed by atoms with Crippen LogP contribution < -0.4 is 5.32 Å². The molecule has 0 aliphatic carbocycles. The fraction of sp³-hybridized carbons (Fsp3) is 0.200. The Morgan fingerprint density at radius 1 is 1.42 bits per heavy atom. The molecule has 2 heterocycles. The van der Waals surface area contributed by atoms with E-state index in [-0.39, 0.29) is 18.0 Å². The summed E-state index contributed by atoms with van der Waals surface area (Å²) in [5, 5.41) is 14.5. The molecule has 0 aliphatic rings. The minimum absolute atomic E-state index is 0.0841. The molecule has 2 N–H and O–H groups in total. The number of halogens is 2. The molecule has 9 heteroatoms. The normalized spacial score (nSPS) is 10.7. The lowest BCUT2D eigenvalue weighted by Crippen LogP contribution is -2.05. The van der Waals surface area contributed by atoms with Crippen LogP contribution in [0.4, 0.5) is 14.6 Å². The lowest BCUT2D eigenvalue weighted by molar-refractivity contribution is 0.0690. The van der Waals surface area contributed by atoms with Gasteiger partial charge in [-0.3, -0.25) is 0 Å². The van der Waals surface area contributed by atoms with Gasteiger partial charge in [-0.15, -0.1) is 0 Å². The lowest BCUT2D eigenvalue weighted by Gasteiger charge is -2.01. The van der Waals surface area contributed by atoms with Crippen molar-refractivity contribution in [2.45, 2.75) is 13.0 Å². The summed E-state index contributed by atoms with van der Waals surface area (Å²) in [5.41, 5.74) is -0.630. The van der Waals surface area contributed by atoms with Crippen LogP contribution in [0.15, 0.2) is 23.0 Å². The largest absolute Gasteiger partial charge is 0.476 e. The smallest absolute Gasteiger partial charge is 0.356 e. The molecule has 2 rings (SSSR count). The van der Waals surface area contributed by atoms with E-state index in [1.165, 1.54) is 6.20 Å². The average Bonchev–Trinajstić information content (AvgIpc) is 2.86. The number of hydrogen-bond donors (Lipinski definition) is 2. The molecule has 100 valence electrons. The molecule has 2 aromatic heterocycles. The first-order valence-corrected chi connectivity index (χ1v) is 5.09. The number of nitrogens with one attached hydrogen (secondary N) is 1. The fourth-order valence-electron chi connectivity index (χ4n) is 1.22. The lowest BCUT2D eigenvalue weighted by atomic mass is 10.3. The van der Waals surface area contributed by atoms with Gasteiger partial charge in [-0.2, -0.15) is 0 Å². The van der Waals surface area contributed by atoms with Gasteiger partial charge in [-0.1, -0.05) is 5.16 Å². The summed E-state index contributed by atoms with van der Waals surface area (Å²) in [5.74, 6) is -0.685. The summed E-state index contributed by atoms with van der Waals surface area (Å²) in [4.78, 5) is 18.0. The number of carboxylic acid groups (broad SMARTS) is 1. The van der Waals surface area contributed by atoms with E-state index in [0.717, 1.165) is 12.3 Å². The Labute approximate surface area is 105 Å². The van der Waals surface area contributed by atoms with Crippen molar-refractivity contribution >= 4 is 11.8 Å². The first-order valence-electron chi connectivity index (χ1n) is 5.09. The van der Waals surface area contributed by atoms with E-state index in [0.29, 0.717) is 5.82 Å². The van der Waals surface area contributed by atoms with Crippen LogP contribution in [0.3, 0.4) is 0 Å². The van der Waals surface area contributed by atoms with Gasteiger partial charge < -0.3 is 14.9 Å². The minimum atomic E-state index is -2.69. The van der Waals surface area contributed by atoms with Crippen molar-refractivity contribution in [3.63, 3.8) is 0 Å². The highest BCUT2D eigenvalue weighted by atomic mass is 19.3. The van der Waals surface area contributed by atoms with E-state index in [2.05, 4.69) is 25.0 Å². The number of alkyl halides is 2. The maximum Gasteiger partial charge on any atom is 0.356 e. The van der Waals surface area contributed by atoms with Crippen LogP contribution in [-0.2, 0) is 6.54 Å². The summed E-state index contributed by atoms with van der Waals surface area (Å²) < 4.78 is 29.2. The molecule has 0 aliphatic heterocycles. The van der Waals surface area contributed by atoms with Crippen molar-refractivity contribution in [1.29, 1.82) is 0 Å². The molecule has 0 radical (unpaired) electrons. The number of nitrogens with zero attached hydrogens (tertiary/aromatic N) is 3. The van der Waals surface area contributed by atoms with Crippen LogP contribution in [0.25, 0.3) is 0 Å². The number of rotatable bonds is 5. The van der Waals surface area contributed by atoms with Crippen molar-refractivity contribution < 1.29 is 23.2 Å². The van der Waals surface area contributed by atoms with Crippen LogP contribution >= 0.6 is 0 Å². The zero-order chi connectivity index (χ0) is 13.8. The second-order valence-electron chi connectivity index (χ2n) is 3.46. The van der Waals surface area contributed by atoms with Gasteiger partial charge in [-0.05, 0) is 0 Å². The molecule has 0 bridgehead atoms. The maximum atomic E-state index is 12.2. The summed E-state index contributed by atoms with van der Waals surface area (Å²) in [7, 11) is 0. The summed E-state index contributed by atoms with van der Waals surface area (Å²) in [6.45, 7) is 0.0841. The Morgan fingerprint density at radius 2 is 2.21 bits per heavy atom. The third-order valence-electron chi connectivity index (χ3n) is 2.12. The molecule has 2 aromatic rings. The molecule has 7 nitrogen and oxygen atoms in total. The molecule has 0 aromatic carbocycles. The second-order valence-corrected chi connectivity index (χ2v) is 3.46. The Kier molecular flexibility index (Phi) is 3.64. The molecular weight excluding hydrogens is 262 g/mol. The minimum Gasteiger partial charge on any atom is -0.476 e. The Bertz CT molecular complexity index is 570. The Morgan fingerprint density at radius 3 is 2.74 bits per heavy atom. The molecule has 0 fully saturated rings. The zero-order valence-corrected chi connectivity index (χ0v) is 9.38. The van der Waals surface area contributed by atoms with Crippen LogP contribution in [0.5, 0.6) is 0 Å². The topological polar surface area (TPSA) is 101 Å². The SMILES string of the molecule is O=C(O)c1cnc(NCc2cc(C(F)F)no2)cn1. The van der Waals surface area contributed by atoms with Crippen molar-refractivity contribution in [3.8, 4) is 0 Å². The van der Waals surface area contributed by atoms with E-state index >= 15 is 0 Å². The summed E-state index contributed by atoms with van der Waals surface area (Å²) in [6, 6.07) is 1.12. The van der Waals surface area contributed by atoms with Gasteiger partial charge in [0, 0.05) is 6.07 Å². The Hall–Kier alpha value is -2.58. The third-order valence-corrected chi connectivity index (χ3v) is 2.12. The predicted octanol–water partition coefficient (Wildman–Crippen LogP) is 1.71. The van der Waals surface area contributed by atoms with Gasteiger partial charge >= 0.3 is 5.97 Å². The quantitative estimate of drug-likeness (QED) is 0.852. The van der Waals surface area contributed by atoms with Crippen LogP contribution in [0, 0.1) is 0 Å². The van der Waals surface area contributed by atoms with Gasteiger partial charge in [0.15, 0.2) is 11.5 Å². The molecule has 0 atom stereocenters. The van der Waals surface area contributed by atoms with E-state index < -0.39 is 18.1 Å². The Balaban J connectivity index is 1.96. The second kappa shape index (κ2) is 5.38. The van der Waals surface area contributed by atoms with Gasteiger partial charge in [0.1, 0.15) is 11.5 Å². The third kappa shape index (κ3) is 3.21. The van der Waals surface area contributed by atoms with Gasteiger partial charge in [0.05, 0.1) is 18.9 Å². The number of carbonyl (C=O) groups is 1. The number of hydrogen-bond acceptors (Lipinski definition) is 6. The number of aromatic carboxylic acids is 1. The molecule has 19 heavy (non-hydrogen) atoms. The molecule has 0 spiro atoms. The van der Waals surface area contributed by atoms with Crippen molar-refractivity contribution in [2.24, 2.45) is 0 Å². The summed E-state index contributed by atoms with van der Waals surface area (Å²) >= 11 is 0. The number of anilines is 1.